The summed E-state index contributed by atoms with van der Waals surface area (Å²) >= 11 is 0. The summed E-state index contributed by atoms with van der Waals surface area (Å²) in [5.74, 6) is -0.290. The van der Waals surface area contributed by atoms with Crippen LogP contribution in [0.4, 0.5) is 5.69 Å². The molecule has 2 heterocycles. The molecule has 1 N–H and O–H groups in total. The van der Waals surface area contributed by atoms with Crippen molar-refractivity contribution in [3.8, 4) is 0 Å². The van der Waals surface area contributed by atoms with Gasteiger partial charge in [-0.3, -0.25) is 19.6 Å². The topological polar surface area (TPSA) is 106 Å². The Bertz CT molecular complexity index is 1230. The van der Waals surface area contributed by atoms with Crippen molar-refractivity contribution in [3.05, 3.63) is 83.9 Å². The van der Waals surface area contributed by atoms with Gasteiger partial charge in [-0.05, 0) is 54.8 Å². The van der Waals surface area contributed by atoms with Gasteiger partial charge in [-0.25, -0.2) is 8.42 Å². The standard InChI is InChI=1S/C24H23N3O4S/c1-2-32(30,31)19-9-6-17(7-10-19)15-22(28)27-18-8-11-20(26-16-18)23(29)24(12-13-24)21-5-3-4-14-25-21/h3-11,14,16H,2,12-13,15H2,1H3,(H,27,28). The number of amides is 1. The van der Waals surface area contributed by atoms with Gasteiger partial charge in [0, 0.05) is 6.20 Å². The van der Waals surface area contributed by atoms with E-state index in [9.17, 15) is 18.0 Å². The highest BCUT2D eigenvalue weighted by atomic mass is 32.2. The lowest BCUT2D eigenvalue weighted by atomic mass is 9.93. The molecule has 1 saturated carbocycles. The minimum absolute atomic E-state index is 0.0291. The SMILES string of the molecule is CCS(=O)(=O)c1ccc(CC(=O)Nc2ccc(C(=O)C3(c4ccccn4)CC3)nc2)cc1. The van der Waals surface area contributed by atoms with Crippen LogP contribution in [0.15, 0.2) is 71.9 Å². The van der Waals surface area contributed by atoms with E-state index >= 15 is 0 Å². The summed E-state index contributed by atoms with van der Waals surface area (Å²) in [4.78, 5) is 34.2. The van der Waals surface area contributed by atoms with Crippen molar-refractivity contribution in [2.24, 2.45) is 0 Å². The molecule has 7 nitrogen and oxygen atoms in total. The van der Waals surface area contributed by atoms with Crippen LogP contribution in [0.3, 0.4) is 0 Å². The Balaban J connectivity index is 1.39. The monoisotopic (exact) mass is 449 g/mol. The molecule has 0 radical (unpaired) electrons. The summed E-state index contributed by atoms with van der Waals surface area (Å²) in [6.45, 7) is 1.59. The van der Waals surface area contributed by atoms with Crippen LogP contribution in [-0.4, -0.2) is 35.8 Å². The summed E-state index contributed by atoms with van der Waals surface area (Å²) in [5, 5.41) is 2.76. The lowest BCUT2D eigenvalue weighted by Crippen LogP contribution is -2.23. The Hall–Kier alpha value is -3.39. The molecule has 1 aromatic carbocycles. The predicted octanol–water partition coefficient (Wildman–Crippen LogP) is 3.37. The molecular formula is C24H23N3O4S. The number of nitrogens with zero attached hydrogens (tertiary/aromatic N) is 2. The Morgan fingerprint density at radius 1 is 1.00 bits per heavy atom. The third-order valence-corrected chi connectivity index (χ3v) is 7.40. The van der Waals surface area contributed by atoms with E-state index in [0.29, 0.717) is 16.9 Å². The van der Waals surface area contributed by atoms with Crippen molar-refractivity contribution in [1.82, 2.24) is 9.97 Å². The first-order valence-electron chi connectivity index (χ1n) is 10.4. The minimum atomic E-state index is -3.27. The number of benzene rings is 1. The highest BCUT2D eigenvalue weighted by Crippen LogP contribution is 2.49. The zero-order valence-electron chi connectivity index (χ0n) is 17.6. The van der Waals surface area contributed by atoms with Gasteiger partial charge >= 0.3 is 0 Å². The molecule has 4 rings (SSSR count). The summed E-state index contributed by atoms with van der Waals surface area (Å²) < 4.78 is 23.8. The molecule has 0 saturated heterocycles. The Morgan fingerprint density at radius 3 is 2.31 bits per heavy atom. The molecule has 0 spiro atoms. The molecule has 3 aromatic rings. The van der Waals surface area contributed by atoms with Crippen LogP contribution in [0.5, 0.6) is 0 Å². The summed E-state index contributed by atoms with van der Waals surface area (Å²) in [7, 11) is -3.27. The number of carbonyl (C=O) groups is 2. The van der Waals surface area contributed by atoms with Crippen LogP contribution in [0, 0.1) is 0 Å². The number of Topliss-reactive ketones (excluding diaryl/α,β-unsaturated/α-hetero) is 1. The summed E-state index contributed by atoms with van der Waals surface area (Å²) in [5.41, 5.74) is 1.71. The van der Waals surface area contributed by atoms with Gasteiger partial charge in [0.2, 0.25) is 5.91 Å². The van der Waals surface area contributed by atoms with Gasteiger partial charge in [0.15, 0.2) is 15.6 Å². The number of hydrogen-bond acceptors (Lipinski definition) is 6. The number of carbonyl (C=O) groups excluding carboxylic acids is 2. The van der Waals surface area contributed by atoms with Crippen molar-refractivity contribution in [2.75, 3.05) is 11.1 Å². The fraction of sp³-hybridized carbons (Fsp3) is 0.250. The Kier molecular flexibility index (Phi) is 5.88. The van der Waals surface area contributed by atoms with E-state index in [2.05, 4.69) is 15.3 Å². The van der Waals surface area contributed by atoms with Gasteiger partial charge in [0.1, 0.15) is 5.69 Å². The molecule has 0 bridgehead atoms. The third kappa shape index (κ3) is 4.45. The molecule has 0 atom stereocenters. The lowest BCUT2D eigenvalue weighted by Gasteiger charge is -2.13. The first kappa shape index (κ1) is 21.8. The van der Waals surface area contributed by atoms with E-state index in [-0.39, 0.29) is 28.8 Å². The maximum absolute atomic E-state index is 13.0. The normalized spacial score (nSPS) is 14.5. The number of anilines is 1. The van der Waals surface area contributed by atoms with Gasteiger partial charge < -0.3 is 5.32 Å². The summed E-state index contributed by atoms with van der Waals surface area (Å²) in [6, 6.07) is 15.1. The third-order valence-electron chi connectivity index (χ3n) is 5.65. The predicted molar refractivity (Wildman–Crippen MR) is 120 cm³/mol. The van der Waals surface area contributed by atoms with E-state index in [0.717, 1.165) is 18.5 Å². The van der Waals surface area contributed by atoms with E-state index in [4.69, 9.17) is 0 Å². The lowest BCUT2D eigenvalue weighted by molar-refractivity contribution is -0.115. The zero-order valence-corrected chi connectivity index (χ0v) is 18.4. The number of hydrogen-bond donors (Lipinski definition) is 1. The second kappa shape index (κ2) is 8.63. The maximum Gasteiger partial charge on any atom is 0.228 e. The average molecular weight is 450 g/mol. The summed E-state index contributed by atoms with van der Waals surface area (Å²) in [6.07, 6.45) is 4.75. The van der Waals surface area contributed by atoms with Gasteiger partial charge in [-0.15, -0.1) is 0 Å². The molecule has 1 amide bonds. The van der Waals surface area contributed by atoms with Crippen LogP contribution in [-0.2, 0) is 26.5 Å². The Morgan fingerprint density at radius 2 is 1.75 bits per heavy atom. The molecule has 0 unspecified atom stereocenters. The molecule has 1 aliphatic rings. The van der Waals surface area contributed by atoms with Crippen LogP contribution in [0.2, 0.25) is 0 Å². The largest absolute Gasteiger partial charge is 0.324 e. The van der Waals surface area contributed by atoms with Crippen LogP contribution in [0.1, 0.15) is 41.5 Å². The van der Waals surface area contributed by atoms with Crippen molar-refractivity contribution >= 4 is 27.2 Å². The van der Waals surface area contributed by atoms with E-state index < -0.39 is 15.3 Å². The number of ketones is 1. The fourth-order valence-corrected chi connectivity index (χ4v) is 4.47. The van der Waals surface area contributed by atoms with Crippen LogP contribution >= 0.6 is 0 Å². The van der Waals surface area contributed by atoms with Crippen molar-refractivity contribution in [1.29, 1.82) is 0 Å². The second-order valence-electron chi connectivity index (χ2n) is 7.83. The minimum Gasteiger partial charge on any atom is -0.324 e. The van der Waals surface area contributed by atoms with Crippen molar-refractivity contribution < 1.29 is 18.0 Å². The van der Waals surface area contributed by atoms with Crippen molar-refractivity contribution in [2.45, 2.75) is 36.5 Å². The van der Waals surface area contributed by atoms with Crippen molar-refractivity contribution in [3.63, 3.8) is 0 Å². The van der Waals surface area contributed by atoms with Gasteiger partial charge in [-0.1, -0.05) is 25.1 Å². The molecule has 0 aliphatic heterocycles. The number of pyridine rings is 2. The molecular weight excluding hydrogens is 426 g/mol. The molecule has 2 aromatic heterocycles. The quantitative estimate of drug-likeness (QED) is 0.529. The van der Waals surface area contributed by atoms with Crippen LogP contribution < -0.4 is 5.32 Å². The molecule has 1 aliphatic carbocycles. The molecule has 8 heteroatoms. The van der Waals surface area contributed by atoms with E-state index in [1.54, 1.807) is 37.4 Å². The van der Waals surface area contributed by atoms with E-state index in [1.165, 1.54) is 18.3 Å². The second-order valence-corrected chi connectivity index (χ2v) is 10.1. The first-order valence-corrected chi connectivity index (χ1v) is 12.0. The van der Waals surface area contributed by atoms with Crippen LogP contribution in [0.25, 0.3) is 0 Å². The number of nitrogens with one attached hydrogen (secondary N) is 1. The maximum atomic E-state index is 13.0. The molecule has 32 heavy (non-hydrogen) atoms. The average Bonchev–Trinajstić information content (AvgIpc) is 3.62. The van der Waals surface area contributed by atoms with E-state index in [1.807, 2.05) is 18.2 Å². The number of rotatable bonds is 8. The highest BCUT2D eigenvalue weighted by Gasteiger charge is 2.52. The van der Waals surface area contributed by atoms with Gasteiger partial charge in [0.05, 0.1) is 40.1 Å². The Labute approximate surface area is 186 Å². The molecule has 1 fully saturated rings. The van der Waals surface area contributed by atoms with Gasteiger partial charge in [0.25, 0.3) is 0 Å². The smallest absolute Gasteiger partial charge is 0.228 e. The first-order chi connectivity index (χ1) is 15.3. The number of aromatic nitrogens is 2. The van der Waals surface area contributed by atoms with Gasteiger partial charge in [-0.2, -0.15) is 0 Å². The highest BCUT2D eigenvalue weighted by molar-refractivity contribution is 7.91. The fourth-order valence-electron chi connectivity index (χ4n) is 3.59. The zero-order chi connectivity index (χ0) is 22.8. The number of sulfone groups is 1. The molecule has 164 valence electrons.